The Labute approximate surface area is 127 Å². The van der Waals surface area contributed by atoms with Gasteiger partial charge in [0.05, 0.1) is 6.54 Å². The van der Waals surface area contributed by atoms with Crippen molar-refractivity contribution in [2.45, 2.75) is 52.1 Å². The van der Waals surface area contributed by atoms with E-state index in [1.165, 1.54) is 12.0 Å². The molecule has 0 saturated carbocycles. The maximum absolute atomic E-state index is 4.59. The van der Waals surface area contributed by atoms with Crippen molar-refractivity contribution in [1.82, 2.24) is 19.9 Å². The fourth-order valence-corrected chi connectivity index (χ4v) is 2.43. The normalized spacial score (nSPS) is 12.5. The standard InChI is InChI=1S/C17H26N4/c1-4-6-14-7-8-16(19-12-14)11-15(5-2)20-13-17-18-9-10-21(17)3/h7-10,12,15,20H,4-6,11,13H2,1-3H3. The summed E-state index contributed by atoms with van der Waals surface area (Å²) in [5, 5.41) is 3.58. The van der Waals surface area contributed by atoms with Crippen molar-refractivity contribution in [2.24, 2.45) is 7.05 Å². The van der Waals surface area contributed by atoms with Gasteiger partial charge in [-0.15, -0.1) is 0 Å². The van der Waals surface area contributed by atoms with Gasteiger partial charge in [-0.05, 0) is 24.5 Å². The Morgan fingerprint density at radius 1 is 1.24 bits per heavy atom. The van der Waals surface area contributed by atoms with E-state index in [-0.39, 0.29) is 0 Å². The molecule has 114 valence electrons. The summed E-state index contributed by atoms with van der Waals surface area (Å²) in [5.74, 6) is 1.07. The third-order valence-electron chi connectivity index (χ3n) is 3.84. The van der Waals surface area contributed by atoms with Gasteiger partial charge in [0.25, 0.3) is 0 Å². The van der Waals surface area contributed by atoms with Gasteiger partial charge in [0.1, 0.15) is 5.82 Å². The molecule has 1 atom stereocenters. The van der Waals surface area contributed by atoms with Crippen molar-refractivity contribution in [1.29, 1.82) is 0 Å². The maximum Gasteiger partial charge on any atom is 0.122 e. The smallest absolute Gasteiger partial charge is 0.122 e. The Morgan fingerprint density at radius 3 is 2.67 bits per heavy atom. The molecule has 0 aromatic carbocycles. The average Bonchev–Trinajstić information content (AvgIpc) is 2.91. The van der Waals surface area contributed by atoms with E-state index in [2.05, 4.69) is 45.8 Å². The van der Waals surface area contributed by atoms with Gasteiger partial charge in [0.15, 0.2) is 0 Å². The number of aryl methyl sites for hydroxylation is 2. The van der Waals surface area contributed by atoms with Gasteiger partial charge in [-0.3, -0.25) is 4.98 Å². The predicted octanol–water partition coefficient (Wildman–Crippen LogP) is 2.88. The number of pyridine rings is 1. The lowest BCUT2D eigenvalue weighted by molar-refractivity contribution is 0.477. The summed E-state index contributed by atoms with van der Waals surface area (Å²) in [6.07, 6.45) is 10.2. The Bertz CT molecular complexity index is 530. The zero-order chi connectivity index (χ0) is 15.1. The number of nitrogens with zero attached hydrogens (tertiary/aromatic N) is 3. The zero-order valence-corrected chi connectivity index (χ0v) is 13.3. The molecule has 0 bridgehead atoms. The van der Waals surface area contributed by atoms with Gasteiger partial charge in [0, 0.05) is 43.8 Å². The minimum Gasteiger partial charge on any atom is -0.337 e. The van der Waals surface area contributed by atoms with E-state index in [9.17, 15) is 0 Å². The van der Waals surface area contributed by atoms with E-state index in [0.717, 1.165) is 37.3 Å². The van der Waals surface area contributed by atoms with Crippen molar-refractivity contribution >= 4 is 0 Å². The summed E-state index contributed by atoms with van der Waals surface area (Å²) in [5.41, 5.74) is 2.49. The Balaban J connectivity index is 1.88. The van der Waals surface area contributed by atoms with Gasteiger partial charge >= 0.3 is 0 Å². The minimum atomic E-state index is 0.436. The first-order valence-corrected chi connectivity index (χ1v) is 7.86. The molecule has 0 aliphatic carbocycles. The van der Waals surface area contributed by atoms with Gasteiger partial charge < -0.3 is 9.88 Å². The third kappa shape index (κ3) is 4.67. The molecule has 0 fully saturated rings. The maximum atomic E-state index is 4.59. The molecule has 2 rings (SSSR count). The molecule has 4 nitrogen and oxygen atoms in total. The fourth-order valence-electron chi connectivity index (χ4n) is 2.43. The van der Waals surface area contributed by atoms with Crippen LogP contribution in [0.3, 0.4) is 0 Å². The first-order chi connectivity index (χ1) is 10.2. The summed E-state index contributed by atoms with van der Waals surface area (Å²) in [4.78, 5) is 8.93. The number of hydrogen-bond donors (Lipinski definition) is 1. The molecule has 4 heteroatoms. The number of hydrogen-bond acceptors (Lipinski definition) is 3. The van der Waals surface area contributed by atoms with Crippen LogP contribution in [0.4, 0.5) is 0 Å². The molecule has 0 aliphatic heterocycles. The molecule has 2 aromatic heterocycles. The number of imidazole rings is 1. The third-order valence-corrected chi connectivity index (χ3v) is 3.84. The summed E-state index contributed by atoms with van der Waals surface area (Å²) >= 11 is 0. The summed E-state index contributed by atoms with van der Waals surface area (Å²) < 4.78 is 2.05. The van der Waals surface area contributed by atoms with E-state index in [1.54, 1.807) is 0 Å². The number of nitrogens with one attached hydrogen (secondary N) is 1. The Morgan fingerprint density at radius 2 is 2.10 bits per heavy atom. The first-order valence-electron chi connectivity index (χ1n) is 7.86. The lowest BCUT2D eigenvalue weighted by Gasteiger charge is -2.16. The van der Waals surface area contributed by atoms with Gasteiger partial charge in [-0.2, -0.15) is 0 Å². The molecule has 1 unspecified atom stereocenters. The second kappa shape index (κ2) is 7.93. The zero-order valence-electron chi connectivity index (χ0n) is 13.3. The quantitative estimate of drug-likeness (QED) is 0.811. The molecule has 0 saturated heterocycles. The van der Waals surface area contributed by atoms with Crippen LogP contribution in [0.25, 0.3) is 0 Å². The lowest BCUT2D eigenvalue weighted by Crippen LogP contribution is -2.31. The van der Waals surface area contributed by atoms with Crippen LogP contribution in [0.1, 0.15) is 43.8 Å². The van der Waals surface area contributed by atoms with Crippen LogP contribution in [-0.4, -0.2) is 20.6 Å². The van der Waals surface area contributed by atoms with Crippen molar-refractivity contribution in [3.05, 3.63) is 47.8 Å². The van der Waals surface area contributed by atoms with Crippen molar-refractivity contribution in [2.75, 3.05) is 0 Å². The first kappa shape index (κ1) is 15.7. The molecule has 2 aromatic rings. The van der Waals surface area contributed by atoms with Crippen LogP contribution in [0.2, 0.25) is 0 Å². The molecule has 21 heavy (non-hydrogen) atoms. The highest BCUT2D eigenvalue weighted by molar-refractivity contribution is 5.15. The van der Waals surface area contributed by atoms with Crippen molar-refractivity contribution in [3.8, 4) is 0 Å². The van der Waals surface area contributed by atoms with Gasteiger partial charge in [-0.1, -0.05) is 26.3 Å². The SMILES string of the molecule is CCCc1ccc(CC(CC)NCc2nccn2C)nc1. The van der Waals surface area contributed by atoms with Gasteiger partial charge in [-0.25, -0.2) is 4.98 Å². The predicted molar refractivity (Wildman–Crippen MR) is 86.1 cm³/mol. The average molecular weight is 286 g/mol. The van der Waals surface area contributed by atoms with Crippen LogP contribution < -0.4 is 5.32 Å². The molecular weight excluding hydrogens is 260 g/mol. The molecule has 1 N–H and O–H groups in total. The van der Waals surface area contributed by atoms with Crippen LogP contribution >= 0.6 is 0 Å². The monoisotopic (exact) mass is 286 g/mol. The van der Waals surface area contributed by atoms with E-state index < -0.39 is 0 Å². The highest BCUT2D eigenvalue weighted by Gasteiger charge is 2.09. The summed E-state index contributed by atoms with van der Waals surface area (Å²) in [6.45, 7) is 5.21. The molecule has 0 spiro atoms. The summed E-state index contributed by atoms with van der Waals surface area (Å²) in [7, 11) is 2.03. The van der Waals surface area contributed by atoms with E-state index in [0.29, 0.717) is 6.04 Å². The molecular formula is C17H26N4. The Kier molecular flexibility index (Phi) is 5.93. The van der Waals surface area contributed by atoms with E-state index in [1.807, 2.05) is 25.6 Å². The largest absolute Gasteiger partial charge is 0.337 e. The topological polar surface area (TPSA) is 42.7 Å². The lowest BCUT2D eigenvalue weighted by atomic mass is 10.1. The van der Waals surface area contributed by atoms with Crippen LogP contribution in [0.5, 0.6) is 0 Å². The van der Waals surface area contributed by atoms with Crippen LogP contribution in [0, 0.1) is 0 Å². The minimum absolute atomic E-state index is 0.436. The highest BCUT2D eigenvalue weighted by Crippen LogP contribution is 2.07. The van der Waals surface area contributed by atoms with Crippen LogP contribution in [-0.2, 0) is 26.4 Å². The van der Waals surface area contributed by atoms with Crippen LogP contribution in [0.15, 0.2) is 30.7 Å². The fraction of sp³-hybridized carbons (Fsp3) is 0.529. The second-order valence-corrected chi connectivity index (χ2v) is 5.55. The summed E-state index contributed by atoms with van der Waals surface area (Å²) in [6, 6.07) is 4.80. The molecule has 0 radical (unpaired) electrons. The highest BCUT2D eigenvalue weighted by atomic mass is 15.1. The van der Waals surface area contributed by atoms with Crippen molar-refractivity contribution < 1.29 is 0 Å². The molecule has 0 aliphatic rings. The van der Waals surface area contributed by atoms with E-state index in [4.69, 9.17) is 0 Å². The van der Waals surface area contributed by atoms with Crippen molar-refractivity contribution in [3.63, 3.8) is 0 Å². The number of aromatic nitrogens is 3. The Hall–Kier alpha value is -1.68. The molecule has 0 amide bonds. The molecule has 2 heterocycles. The second-order valence-electron chi connectivity index (χ2n) is 5.55. The van der Waals surface area contributed by atoms with E-state index >= 15 is 0 Å². The number of rotatable bonds is 8. The van der Waals surface area contributed by atoms with Gasteiger partial charge in [0.2, 0.25) is 0 Å².